The minimum absolute atomic E-state index is 0.143. The predicted octanol–water partition coefficient (Wildman–Crippen LogP) is 5.76. The van der Waals surface area contributed by atoms with Crippen LogP contribution in [0.4, 0.5) is 4.39 Å². The summed E-state index contributed by atoms with van der Waals surface area (Å²) < 4.78 is 16.9. The maximum Gasteiger partial charge on any atom is 0.123 e. The van der Waals surface area contributed by atoms with Crippen LogP contribution in [0.1, 0.15) is 82.5 Å². The molecule has 0 radical (unpaired) electrons. The summed E-state index contributed by atoms with van der Waals surface area (Å²) in [7, 11) is 0. The molecular weight excluding hydrogens is 425 g/mol. The standard InChI is InChI=1S/C29H44FN3O/c1-21(2)22-5-8-24(9-6-22)32-16-11-25(12-17-32)33-28-10-7-23(30)19-26(28)27(29(33)13-18-34)20-31-14-3-4-15-31/h7,10,19,21-22,24-25,34H,3-6,8-9,11-18,20H2,1-2H3. The highest BCUT2D eigenvalue weighted by atomic mass is 19.1. The van der Waals surface area contributed by atoms with Crippen LogP contribution in [0.5, 0.6) is 0 Å². The lowest BCUT2D eigenvalue weighted by atomic mass is 9.79. The average molecular weight is 470 g/mol. The SMILES string of the molecule is CC(C)C1CCC(N2CCC(n3c(CCO)c(CN4CCCC4)c4cc(F)ccc43)CC2)CC1. The van der Waals surface area contributed by atoms with Gasteiger partial charge in [0.2, 0.25) is 0 Å². The van der Waals surface area contributed by atoms with E-state index in [0.717, 1.165) is 74.3 Å². The van der Waals surface area contributed by atoms with Gasteiger partial charge in [0.15, 0.2) is 0 Å². The van der Waals surface area contributed by atoms with Crippen LogP contribution < -0.4 is 0 Å². The second kappa shape index (κ2) is 10.7. The van der Waals surface area contributed by atoms with Crippen molar-refractivity contribution < 1.29 is 9.50 Å². The van der Waals surface area contributed by atoms with E-state index in [9.17, 15) is 9.50 Å². The predicted molar refractivity (Wildman–Crippen MR) is 138 cm³/mol. The van der Waals surface area contributed by atoms with E-state index in [4.69, 9.17) is 0 Å². The Hall–Kier alpha value is -1.43. The summed E-state index contributed by atoms with van der Waals surface area (Å²) in [5.74, 6) is 1.57. The summed E-state index contributed by atoms with van der Waals surface area (Å²) in [5, 5.41) is 11.0. The number of aliphatic hydroxyl groups excluding tert-OH is 1. The monoisotopic (exact) mass is 469 g/mol. The largest absolute Gasteiger partial charge is 0.396 e. The molecule has 4 nitrogen and oxygen atoms in total. The Kier molecular flexibility index (Phi) is 7.62. The number of aromatic nitrogens is 1. The second-order valence-corrected chi connectivity index (χ2v) is 11.5. The van der Waals surface area contributed by atoms with Gasteiger partial charge in [-0.15, -0.1) is 0 Å². The summed E-state index contributed by atoms with van der Waals surface area (Å²) in [6.07, 6.45) is 10.9. The van der Waals surface area contributed by atoms with Crippen molar-refractivity contribution in [2.75, 3.05) is 32.8 Å². The Morgan fingerprint density at radius 2 is 1.65 bits per heavy atom. The lowest BCUT2D eigenvalue weighted by Crippen LogP contribution is -2.44. The fraction of sp³-hybridized carbons (Fsp3) is 0.724. The van der Waals surface area contributed by atoms with E-state index in [1.54, 1.807) is 12.1 Å². The Morgan fingerprint density at radius 1 is 0.941 bits per heavy atom. The minimum Gasteiger partial charge on any atom is -0.396 e. The number of piperidine rings is 1. The zero-order chi connectivity index (χ0) is 23.7. The van der Waals surface area contributed by atoms with Gasteiger partial charge in [-0.1, -0.05) is 13.8 Å². The van der Waals surface area contributed by atoms with Crippen molar-refractivity contribution in [3.05, 3.63) is 35.3 Å². The molecule has 2 aromatic rings. The second-order valence-electron chi connectivity index (χ2n) is 11.5. The molecule has 0 amide bonds. The van der Waals surface area contributed by atoms with Crippen molar-refractivity contribution in [3.8, 4) is 0 Å². The first-order chi connectivity index (χ1) is 16.5. The molecule has 188 valence electrons. The van der Waals surface area contributed by atoms with Crippen molar-refractivity contribution in [3.63, 3.8) is 0 Å². The molecule has 3 heterocycles. The van der Waals surface area contributed by atoms with Crippen LogP contribution in [0.15, 0.2) is 18.2 Å². The van der Waals surface area contributed by atoms with Crippen molar-refractivity contribution in [2.45, 2.75) is 90.3 Å². The van der Waals surface area contributed by atoms with Gasteiger partial charge in [-0.05, 0) is 100 Å². The first kappa shape index (κ1) is 24.3. The Balaban J connectivity index is 1.36. The number of likely N-dealkylation sites (tertiary alicyclic amines) is 2. The molecule has 1 aliphatic carbocycles. The summed E-state index contributed by atoms with van der Waals surface area (Å²) in [6, 6.07) is 6.53. The molecule has 5 rings (SSSR count). The molecular formula is C29H44FN3O. The fourth-order valence-corrected chi connectivity index (χ4v) is 7.18. The first-order valence-corrected chi connectivity index (χ1v) is 13.9. The van der Waals surface area contributed by atoms with Gasteiger partial charge < -0.3 is 14.6 Å². The number of aliphatic hydroxyl groups is 1. The smallest absolute Gasteiger partial charge is 0.123 e. The highest BCUT2D eigenvalue weighted by Crippen LogP contribution is 2.38. The number of halogens is 1. The number of hydrogen-bond donors (Lipinski definition) is 1. The Morgan fingerprint density at radius 3 is 2.29 bits per heavy atom. The van der Waals surface area contributed by atoms with E-state index in [1.807, 2.05) is 6.07 Å². The van der Waals surface area contributed by atoms with Crippen molar-refractivity contribution in [1.82, 2.24) is 14.4 Å². The molecule has 3 fully saturated rings. The van der Waals surface area contributed by atoms with Gasteiger partial charge in [-0.25, -0.2) is 4.39 Å². The molecule has 0 unspecified atom stereocenters. The van der Waals surface area contributed by atoms with E-state index in [1.165, 1.54) is 49.8 Å². The van der Waals surface area contributed by atoms with Crippen LogP contribution in [0.3, 0.4) is 0 Å². The quantitative estimate of drug-likeness (QED) is 0.559. The van der Waals surface area contributed by atoms with Crippen LogP contribution in [-0.2, 0) is 13.0 Å². The molecule has 1 aromatic heterocycles. The Bertz CT molecular complexity index is 948. The van der Waals surface area contributed by atoms with Crippen LogP contribution in [0, 0.1) is 17.7 Å². The van der Waals surface area contributed by atoms with E-state index in [2.05, 4.69) is 28.2 Å². The van der Waals surface area contributed by atoms with E-state index < -0.39 is 0 Å². The maximum atomic E-state index is 14.4. The van der Waals surface area contributed by atoms with Crippen molar-refractivity contribution >= 4 is 10.9 Å². The van der Waals surface area contributed by atoms with Crippen LogP contribution in [0.2, 0.25) is 0 Å². The molecule has 0 spiro atoms. The third-order valence-electron chi connectivity index (χ3n) is 9.18. The molecule has 1 aromatic carbocycles. The average Bonchev–Trinajstić information content (AvgIpc) is 3.46. The molecule has 5 heteroatoms. The van der Waals surface area contributed by atoms with E-state index in [0.29, 0.717) is 12.5 Å². The van der Waals surface area contributed by atoms with Gasteiger partial charge in [0, 0.05) is 61.3 Å². The van der Waals surface area contributed by atoms with Crippen molar-refractivity contribution in [1.29, 1.82) is 0 Å². The van der Waals surface area contributed by atoms with Crippen molar-refractivity contribution in [2.24, 2.45) is 11.8 Å². The number of fused-ring (bicyclic) bond motifs is 1. The number of hydrogen-bond acceptors (Lipinski definition) is 3. The van der Waals surface area contributed by atoms with Gasteiger partial charge in [0.25, 0.3) is 0 Å². The summed E-state index contributed by atoms with van der Waals surface area (Å²) in [5.41, 5.74) is 3.65. The summed E-state index contributed by atoms with van der Waals surface area (Å²) in [4.78, 5) is 5.26. The summed E-state index contributed by atoms with van der Waals surface area (Å²) in [6.45, 7) is 10.3. The third-order valence-corrected chi connectivity index (χ3v) is 9.18. The van der Waals surface area contributed by atoms with Gasteiger partial charge in [0.05, 0.1) is 0 Å². The lowest BCUT2D eigenvalue weighted by molar-refractivity contribution is 0.0888. The van der Waals surface area contributed by atoms with Gasteiger partial charge in [-0.2, -0.15) is 0 Å². The Labute approximate surface area is 205 Å². The lowest BCUT2D eigenvalue weighted by Gasteiger charge is -2.42. The normalized spacial score (nSPS) is 25.7. The molecule has 0 atom stereocenters. The van der Waals surface area contributed by atoms with Crippen LogP contribution in [-0.4, -0.2) is 58.3 Å². The van der Waals surface area contributed by atoms with Crippen LogP contribution in [0.25, 0.3) is 10.9 Å². The molecule has 2 aliphatic heterocycles. The third kappa shape index (κ3) is 4.94. The molecule has 1 saturated carbocycles. The zero-order valence-corrected chi connectivity index (χ0v) is 21.3. The number of rotatable bonds is 7. The highest BCUT2D eigenvalue weighted by molar-refractivity contribution is 5.86. The molecule has 2 saturated heterocycles. The molecule has 1 N–H and O–H groups in total. The first-order valence-electron chi connectivity index (χ1n) is 13.9. The highest BCUT2D eigenvalue weighted by Gasteiger charge is 2.32. The van der Waals surface area contributed by atoms with Gasteiger partial charge in [0.1, 0.15) is 5.82 Å². The zero-order valence-electron chi connectivity index (χ0n) is 21.3. The molecule has 3 aliphatic rings. The minimum atomic E-state index is -0.158. The van der Waals surface area contributed by atoms with Gasteiger partial charge >= 0.3 is 0 Å². The van der Waals surface area contributed by atoms with E-state index >= 15 is 0 Å². The van der Waals surface area contributed by atoms with Gasteiger partial charge in [-0.3, -0.25) is 4.90 Å². The maximum absolute atomic E-state index is 14.4. The molecule has 0 bridgehead atoms. The van der Waals surface area contributed by atoms with Crippen LogP contribution >= 0.6 is 0 Å². The van der Waals surface area contributed by atoms with E-state index in [-0.39, 0.29) is 12.4 Å². The number of benzene rings is 1. The molecule has 34 heavy (non-hydrogen) atoms. The summed E-state index contributed by atoms with van der Waals surface area (Å²) >= 11 is 0. The fourth-order valence-electron chi connectivity index (χ4n) is 7.18. The topological polar surface area (TPSA) is 31.6 Å². The number of nitrogens with zero attached hydrogens (tertiary/aromatic N) is 3.